The van der Waals surface area contributed by atoms with Crippen molar-refractivity contribution in [3.8, 4) is 11.3 Å². The van der Waals surface area contributed by atoms with Crippen LogP contribution in [0.4, 0.5) is 0 Å². The summed E-state index contributed by atoms with van der Waals surface area (Å²) in [7, 11) is 0. The third-order valence-electron chi connectivity index (χ3n) is 2.25. The van der Waals surface area contributed by atoms with Crippen molar-refractivity contribution >= 4 is 12.4 Å². The number of halogens is 1. The normalized spacial score (nSPS) is 9.81. The SMILES string of the molecule is Cl.NCCCc1cc(-c2ccccc2)on1. The lowest BCUT2D eigenvalue weighted by atomic mass is 10.1. The smallest absolute Gasteiger partial charge is 0.167 e. The van der Waals surface area contributed by atoms with Gasteiger partial charge in [-0.2, -0.15) is 0 Å². The Morgan fingerprint density at radius 2 is 1.94 bits per heavy atom. The second-order valence-corrected chi connectivity index (χ2v) is 3.44. The summed E-state index contributed by atoms with van der Waals surface area (Å²) in [5.41, 5.74) is 7.47. The van der Waals surface area contributed by atoms with Gasteiger partial charge in [-0.3, -0.25) is 0 Å². The Balaban J connectivity index is 0.00000128. The Labute approximate surface area is 101 Å². The first kappa shape index (κ1) is 12.7. The number of benzene rings is 1. The molecule has 0 aliphatic rings. The first-order valence-corrected chi connectivity index (χ1v) is 5.11. The van der Waals surface area contributed by atoms with Gasteiger partial charge in [0.15, 0.2) is 5.76 Å². The van der Waals surface area contributed by atoms with Crippen molar-refractivity contribution in [2.45, 2.75) is 12.8 Å². The molecule has 2 aromatic rings. The Kier molecular flexibility index (Phi) is 5.02. The Bertz CT molecular complexity index is 414. The minimum absolute atomic E-state index is 0. The van der Waals surface area contributed by atoms with Crippen LogP contribution >= 0.6 is 12.4 Å². The highest BCUT2D eigenvalue weighted by Gasteiger charge is 2.05. The Hall–Kier alpha value is -1.32. The maximum atomic E-state index is 5.44. The van der Waals surface area contributed by atoms with Crippen LogP contribution in [0.3, 0.4) is 0 Å². The van der Waals surface area contributed by atoms with E-state index < -0.39 is 0 Å². The standard InChI is InChI=1S/C12H14N2O.ClH/c13-8-4-7-11-9-12(15-14-11)10-5-2-1-3-6-10;/h1-3,5-6,9H,4,7-8,13H2;1H. The molecular formula is C12H15ClN2O. The molecule has 0 atom stereocenters. The molecule has 0 radical (unpaired) electrons. The lowest BCUT2D eigenvalue weighted by Gasteiger charge is -1.91. The van der Waals surface area contributed by atoms with Crippen LogP contribution in [0, 0.1) is 0 Å². The number of hydrogen-bond acceptors (Lipinski definition) is 3. The van der Waals surface area contributed by atoms with Crippen LogP contribution in [-0.4, -0.2) is 11.7 Å². The molecule has 1 aromatic carbocycles. The molecule has 0 aliphatic carbocycles. The van der Waals surface area contributed by atoms with Crippen molar-refractivity contribution in [3.05, 3.63) is 42.1 Å². The van der Waals surface area contributed by atoms with Crippen molar-refractivity contribution in [1.29, 1.82) is 0 Å². The van der Waals surface area contributed by atoms with Crippen LogP contribution in [0.15, 0.2) is 40.9 Å². The van der Waals surface area contributed by atoms with Crippen LogP contribution in [0.2, 0.25) is 0 Å². The number of aromatic nitrogens is 1. The molecule has 0 bridgehead atoms. The number of nitrogens with two attached hydrogens (primary N) is 1. The van der Waals surface area contributed by atoms with Gasteiger partial charge in [-0.25, -0.2) is 0 Å². The summed E-state index contributed by atoms with van der Waals surface area (Å²) in [6.45, 7) is 0.688. The molecule has 0 unspecified atom stereocenters. The molecule has 2 N–H and O–H groups in total. The maximum Gasteiger partial charge on any atom is 0.167 e. The molecule has 16 heavy (non-hydrogen) atoms. The van der Waals surface area contributed by atoms with Crippen molar-refractivity contribution < 1.29 is 4.52 Å². The molecule has 1 aromatic heterocycles. The van der Waals surface area contributed by atoms with Crippen molar-refractivity contribution in [2.75, 3.05) is 6.54 Å². The highest BCUT2D eigenvalue weighted by Crippen LogP contribution is 2.19. The maximum absolute atomic E-state index is 5.44. The van der Waals surface area contributed by atoms with E-state index in [1.807, 2.05) is 36.4 Å². The number of rotatable bonds is 4. The van der Waals surface area contributed by atoms with E-state index >= 15 is 0 Å². The van der Waals surface area contributed by atoms with E-state index in [1.54, 1.807) is 0 Å². The number of aryl methyl sites for hydroxylation is 1. The largest absolute Gasteiger partial charge is 0.356 e. The summed E-state index contributed by atoms with van der Waals surface area (Å²) < 4.78 is 5.26. The molecule has 3 nitrogen and oxygen atoms in total. The van der Waals surface area contributed by atoms with Gasteiger partial charge in [0.05, 0.1) is 5.69 Å². The van der Waals surface area contributed by atoms with E-state index in [0.29, 0.717) is 6.54 Å². The van der Waals surface area contributed by atoms with Gasteiger partial charge in [0.2, 0.25) is 0 Å². The Morgan fingerprint density at radius 1 is 1.19 bits per heavy atom. The zero-order valence-electron chi connectivity index (χ0n) is 8.93. The molecule has 0 spiro atoms. The van der Waals surface area contributed by atoms with Gasteiger partial charge in [0, 0.05) is 11.6 Å². The quantitative estimate of drug-likeness (QED) is 0.891. The topological polar surface area (TPSA) is 52.0 Å². The number of hydrogen-bond donors (Lipinski definition) is 1. The summed E-state index contributed by atoms with van der Waals surface area (Å²) in [5, 5.41) is 4.00. The summed E-state index contributed by atoms with van der Waals surface area (Å²) in [5.74, 6) is 0.822. The van der Waals surface area contributed by atoms with Gasteiger partial charge in [0.25, 0.3) is 0 Å². The van der Waals surface area contributed by atoms with Crippen molar-refractivity contribution in [2.24, 2.45) is 5.73 Å². The average Bonchev–Trinajstić information content (AvgIpc) is 2.76. The van der Waals surface area contributed by atoms with Crippen LogP contribution < -0.4 is 5.73 Å². The molecule has 0 amide bonds. The van der Waals surface area contributed by atoms with Gasteiger partial charge in [-0.1, -0.05) is 35.5 Å². The minimum Gasteiger partial charge on any atom is -0.356 e. The predicted octanol–water partition coefficient (Wildman–Crippen LogP) is 2.65. The fourth-order valence-electron chi connectivity index (χ4n) is 1.45. The highest BCUT2D eigenvalue weighted by molar-refractivity contribution is 5.85. The minimum atomic E-state index is 0. The Morgan fingerprint density at radius 3 is 2.62 bits per heavy atom. The third-order valence-corrected chi connectivity index (χ3v) is 2.25. The van der Waals surface area contributed by atoms with Gasteiger partial charge < -0.3 is 10.3 Å². The van der Waals surface area contributed by atoms with Gasteiger partial charge in [0.1, 0.15) is 0 Å². The molecule has 0 aliphatic heterocycles. The molecule has 2 rings (SSSR count). The highest BCUT2D eigenvalue weighted by atomic mass is 35.5. The van der Waals surface area contributed by atoms with Crippen LogP contribution in [0.1, 0.15) is 12.1 Å². The monoisotopic (exact) mass is 238 g/mol. The summed E-state index contributed by atoms with van der Waals surface area (Å²) in [6.07, 6.45) is 1.83. The van der Waals surface area contributed by atoms with Crippen LogP contribution in [-0.2, 0) is 6.42 Å². The molecule has 0 saturated carbocycles. The number of nitrogens with zero attached hydrogens (tertiary/aromatic N) is 1. The van der Waals surface area contributed by atoms with E-state index in [4.69, 9.17) is 10.3 Å². The fraction of sp³-hybridized carbons (Fsp3) is 0.250. The van der Waals surface area contributed by atoms with E-state index in [2.05, 4.69) is 5.16 Å². The third kappa shape index (κ3) is 3.08. The summed E-state index contributed by atoms with van der Waals surface area (Å²) in [4.78, 5) is 0. The molecule has 86 valence electrons. The van der Waals surface area contributed by atoms with Crippen LogP contribution in [0.5, 0.6) is 0 Å². The molecule has 0 fully saturated rings. The summed E-state index contributed by atoms with van der Waals surface area (Å²) >= 11 is 0. The molecular weight excluding hydrogens is 224 g/mol. The molecule has 0 saturated heterocycles. The summed E-state index contributed by atoms with van der Waals surface area (Å²) in [6, 6.07) is 11.9. The second-order valence-electron chi connectivity index (χ2n) is 3.44. The fourth-order valence-corrected chi connectivity index (χ4v) is 1.45. The molecule has 4 heteroatoms. The zero-order chi connectivity index (χ0) is 10.5. The van der Waals surface area contributed by atoms with Gasteiger partial charge >= 0.3 is 0 Å². The van der Waals surface area contributed by atoms with Gasteiger partial charge in [-0.05, 0) is 19.4 Å². The van der Waals surface area contributed by atoms with E-state index in [1.165, 1.54) is 0 Å². The van der Waals surface area contributed by atoms with Crippen molar-refractivity contribution in [3.63, 3.8) is 0 Å². The zero-order valence-corrected chi connectivity index (χ0v) is 9.74. The van der Waals surface area contributed by atoms with E-state index in [9.17, 15) is 0 Å². The van der Waals surface area contributed by atoms with E-state index in [0.717, 1.165) is 29.9 Å². The molecule has 1 heterocycles. The lowest BCUT2D eigenvalue weighted by Crippen LogP contribution is -2.00. The van der Waals surface area contributed by atoms with Gasteiger partial charge in [-0.15, -0.1) is 12.4 Å². The lowest BCUT2D eigenvalue weighted by molar-refractivity contribution is 0.423. The van der Waals surface area contributed by atoms with Crippen LogP contribution in [0.25, 0.3) is 11.3 Å². The second kappa shape index (κ2) is 6.30. The first-order chi connectivity index (χ1) is 7.40. The average molecular weight is 239 g/mol. The first-order valence-electron chi connectivity index (χ1n) is 5.11. The van der Waals surface area contributed by atoms with Crippen molar-refractivity contribution in [1.82, 2.24) is 5.16 Å². The van der Waals surface area contributed by atoms with E-state index in [-0.39, 0.29) is 12.4 Å². The predicted molar refractivity (Wildman–Crippen MR) is 66.6 cm³/mol.